The molecule has 0 bridgehead atoms. The first-order valence-corrected chi connectivity index (χ1v) is 6.93. The largest absolute Gasteiger partial charge is 0.394 e. The van der Waals surface area contributed by atoms with E-state index in [0.717, 1.165) is 5.57 Å². The molecule has 0 fully saturated rings. The Balaban J connectivity index is -0.000000389. The molecule has 0 saturated heterocycles. The lowest BCUT2D eigenvalue weighted by atomic mass is 10.1. The summed E-state index contributed by atoms with van der Waals surface area (Å²) in [5.74, 6) is -1.18. The number of ether oxygens (including phenoxy) is 1. The molecule has 0 radical (unpaired) electrons. The summed E-state index contributed by atoms with van der Waals surface area (Å²) in [5.41, 5.74) is 1.14. The standard InChI is InChI=1S/C10H20O3.C3H8.C2H6/c1-5-8(2)6-9(7-11)13-10(3,4)12;1-3-2;1-2/h5,9,11-12H,6-7H2,1-4H3;3H2,1-2H3;1-2H3/b8-5-;;/t9-;;/m1../s1. The summed E-state index contributed by atoms with van der Waals surface area (Å²) < 4.78 is 5.22. The Labute approximate surface area is 114 Å². The van der Waals surface area contributed by atoms with Crippen LogP contribution in [0.1, 0.15) is 68.2 Å². The van der Waals surface area contributed by atoms with Crippen molar-refractivity contribution in [3.63, 3.8) is 0 Å². The Morgan fingerprint density at radius 3 is 1.89 bits per heavy atom. The zero-order valence-electron chi connectivity index (χ0n) is 13.6. The molecule has 0 aliphatic rings. The monoisotopic (exact) mass is 262 g/mol. The Morgan fingerprint density at radius 2 is 1.67 bits per heavy atom. The normalized spacial score (nSPS) is 12.9. The van der Waals surface area contributed by atoms with Gasteiger partial charge in [-0.2, -0.15) is 0 Å². The Hall–Kier alpha value is -0.380. The van der Waals surface area contributed by atoms with Crippen molar-refractivity contribution in [1.82, 2.24) is 0 Å². The highest BCUT2D eigenvalue weighted by atomic mass is 16.6. The van der Waals surface area contributed by atoms with Crippen LogP contribution in [-0.2, 0) is 4.74 Å². The van der Waals surface area contributed by atoms with Crippen molar-refractivity contribution in [2.24, 2.45) is 0 Å². The average molecular weight is 262 g/mol. The van der Waals surface area contributed by atoms with Crippen LogP contribution in [0, 0.1) is 0 Å². The minimum Gasteiger partial charge on any atom is -0.394 e. The van der Waals surface area contributed by atoms with E-state index < -0.39 is 5.79 Å². The Bertz CT molecular complexity index is 181. The number of rotatable bonds is 5. The van der Waals surface area contributed by atoms with Crippen LogP contribution in [0.5, 0.6) is 0 Å². The molecule has 112 valence electrons. The molecule has 0 saturated carbocycles. The molecule has 0 unspecified atom stereocenters. The minimum absolute atomic E-state index is 0.0742. The van der Waals surface area contributed by atoms with Crippen molar-refractivity contribution in [1.29, 1.82) is 0 Å². The maximum Gasteiger partial charge on any atom is 0.160 e. The van der Waals surface area contributed by atoms with E-state index in [9.17, 15) is 5.11 Å². The number of aliphatic hydroxyl groups excluding tert-OH is 1. The van der Waals surface area contributed by atoms with Crippen LogP contribution in [0.25, 0.3) is 0 Å². The molecule has 18 heavy (non-hydrogen) atoms. The lowest BCUT2D eigenvalue weighted by Crippen LogP contribution is -2.32. The third kappa shape index (κ3) is 21.0. The summed E-state index contributed by atoms with van der Waals surface area (Å²) in [4.78, 5) is 0. The average Bonchev–Trinajstić information content (AvgIpc) is 2.30. The third-order valence-electron chi connectivity index (χ3n) is 1.70. The van der Waals surface area contributed by atoms with Gasteiger partial charge in [0.1, 0.15) is 0 Å². The zero-order valence-corrected chi connectivity index (χ0v) is 13.6. The van der Waals surface area contributed by atoms with E-state index in [2.05, 4.69) is 13.8 Å². The molecule has 0 amide bonds. The molecule has 0 aliphatic carbocycles. The first-order valence-electron chi connectivity index (χ1n) is 6.93. The van der Waals surface area contributed by atoms with Gasteiger partial charge in [0.05, 0.1) is 12.7 Å². The van der Waals surface area contributed by atoms with Gasteiger partial charge in [-0.25, -0.2) is 0 Å². The van der Waals surface area contributed by atoms with Gasteiger partial charge in [-0.1, -0.05) is 45.8 Å². The molecule has 0 rings (SSSR count). The van der Waals surface area contributed by atoms with E-state index in [4.69, 9.17) is 9.84 Å². The quantitative estimate of drug-likeness (QED) is 0.584. The fraction of sp³-hybridized carbons (Fsp3) is 0.867. The summed E-state index contributed by atoms with van der Waals surface area (Å²) in [7, 11) is 0. The van der Waals surface area contributed by atoms with Crippen molar-refractivity contribution < 1.29 is 14.9 Å². The van der Waals surface area contributed by atoms with Gasteiger partial charge < -0.3 is 14.9 Å². The van der Waals surface area contributed by atoms with Gasteiger partial charge in [0.25, 0.3) is 0 Å². The van der Waals surface area contributed by atoms with Gasteiger partial charge in [-0.15, -0.1) is 0 Å². The molecule has 0 heterocycles. The second-order valence-corrected chi connectivity index (χ2v) is 4.42. The number of hydrogen-bond acceptors (Lipinski definition) is 3. The zero-order chi connectivity index (χ0) is 15.2. The van der Waals surface area contributed by atoms with E-state index in [0.29, 0.717) is 6.42 Å². The van der Waals surface area contributed by atoms with Crippen LogP contribution in [0.2, 0.25) is 0 Å². The number of aliphatic hydroxyl groups is 2. The SMILES string of the molecule is C/C=C(/C)C[C@H](CO)OC(C)(C)O.CC.CCC. The molecule has 3 nitrogen and oxygen atoms in total. The molecule has 2 N–H and O–H groups in total. The molecular formula is C15H34O3. The van der Waals surface area contributed by atoms with E-state index >= 15 is 0 Å². The first-order chi connectivity index (χ1) is 8.30. The molecule has 0 spiro atoms. The van der Waals surface area contributed by atoms with Crippen LogP contribution in [-0.4, -0.2) is 28.7 Å². The highest BCUT2D eigenvalue weighted by Gasteiger charge is 2.19. The summed E-state index contributed by atoms with van der Waals surface area (Å²) >= 11 is 0. The maximum atomic E-state index is 9.35. The summed E-state index contributed by atoms with van der Waals surface area (Å²) in [6.45, 7) is 15.2. The maximum absolute atomic E-state index is 9.35. The van der Waals surface area contributed by atoms with Crippen LogP contribution in [0.3, 0.4) is 0 Å². The lowest BCUT2D eigenvalue weighted by molar-refractivity contribution is -0.211. The Kier molecular flexibility index (Phi) is 18.6. The van der Waals surface area contributed by atoms with Crippen molar-refractivity contribution in [2.75, 3.05) is 6.61 Å². The van der Waals surface area contributed by atoms with Crippen LogP contribution >= 0.6 is 0 Å². The topological polar surface area (TPSA) is 49.7 Å². The predicted molar refractivity (Wildman–Crippen MR) is 79.6 cm³/mol. The lowest BCUT2D eigenvalue weighted by Gasteiger charge is -2.25. The van der Waals surface area contributed by atoms with Gasteiger partial charge in [-0.3, -0.25) is 0 Å². The second-order valence-electron chi connectivity index (χ2n) is 4.42. The van der Waals surface area contributed by atoms with Crippen LogP contribution in [0.4, 0.5) is 0 Å². The van der Waals surface area contributed by atoms with Crippen molar-refractivity contribution in [3.05, 3.63) is 11.6 Å². The van der Waals surface area contributed by atoms with Crippen molar-refractivity contribution >= 4 is 0 Å². The fourth-order valence-corrected chi connectivity index (χ4v) is 1.03. The Morgan fingerprint density at radius 1 is 1.28 bits per heavy atom. The van der Waals surface area contributed by atoms with Gasteiger partial charge in [-0.05, 0) is 34.1 Å². The second kappa shape index (κ2) is 14.7. The predicted octanol–water partition coefficient (Wildman–Crippen LogP) is 3.89. The first kappa shape index (κ1) is 22.8. The highest BCUT2D eigenvalue weighted by Crippen LogP contribution is 2.14. The smallest absolute Gasteiger partial charge is 0.160 e. The van der Waals surface area contributed by atoms with Crippen LogP contribution < -0.4 is 0 Å². The van der Waals surface area contributed by atoms with Gasteiger partial charge in [0.2, 0.25) is 0 Å². The molecule has 0 aromatic heterocycles. The van der Waals surface area contributed by atoms with Gasteiger partial charge in [0, 0.05) is 0 Å². The highest BCUT2D eigenvalue weighted by molar-refractivity contribution is 4.97. The molecular weight excluding hydrogens is 228 g/mol. The third-order valence-corrected chi connectivity index (χ3v) is 1.70. The summed E-state index contributed by atoms with van der Waals surface area (Å²) in [5, 5.41) is 18.3. The number of allylic oxidation sites excluding steroid dienone is 1. The number of hydrogen-bond donors (Lipinski definition) is 2. The molecule has 3 heteroatoms. The molecule has 1 atom stereocenters. The van der Waals surface area contributed by atoms with Crippen LogP contribution in [0.15, 0.2) is 11.6 Å². The van der Waals surface area contributed by atoms with Gasteiger partial charge in [0.15, 0.2) is 5.79 Å². The van der Waals surface area contributed by atoms with E-state index in [1.54, 1.807) is 13.8 Å². The van der Waals surface area contributed by atoms with Crippen molar-refractivity contribution in [3.8, 4) is 0 Å². The molecule has 0 aromatic rings. The summed E-state index contributed by atoms with van der Waals surface area (Å²) in [6.07, 6.45) is 3.55. The van der Waals surface area contributed by atoms with E-state index in [1.807, 2.05) is 33.8 Å². The molecule has 0 aromatic carbocycles. The van der Waals surface area contributed by atoms with Crippen molar-refractivity contribution in [2.45, 2.75) is 80.1 Å². The minimum atomic E-state index is -1.18. The van der Waals surface area contributed by atoms with E-state index in [1.165, 1.54) is 6.42 Å². The fourth-order valence-electron chi connectivity index (χ4n) is 1.03. The molecule has 0 aliphatic heterocycles. The summed E-state index contributed by atoms with van der Waals surface area (Å²) in [6, 6.07) is 0. The van der Waals surface area contributed by atoms with Gasteiger partial charge >= 0.3 is 0 Å². The van der Waals surface area contributed by atoms with E-state index in [-0.39, 0.29) is 12.7 Å².